The van der Waals surface area contributed by atoms with Gasteiger partial charge >= 0.3 is 12.1 Å². The summed E-state index contributed by atoms with van der Waals surface area (Å²) in [5.74, 6) is -1.52. The van der Waals surface area contributed by atoms with Crippen molar-refractivity contribution in [3.63, 3.8) is 0 Å². The highest BCUT2D eigenvalue weighted by molar-refractivity contribution is 6.03. The number of amides is 1. The second-order valence-electron chi connectivity index (χ2n) is 7.40. The molecule has 2 aliphatic rings. The SMILES string of the molecule is CC(C)(C)OC(=O)N1c2c(cccc2C2=CC=CC=CN2)CC1(O)C(=O)O. The van der Waals surface area contributed by atoms with E-state index in [0.717, 1.165) is 4.90 Å². The van der Waals surface area contributed by atoms with Crippen molar-refractivity contribution in [2.24, 2.45) is 0 Å². The predicted molar refractivity (Wildman–Crippen MR) is 101 cm³/mol. The van der Waals surface area contributed by atoms with Gasteiger partial charge < -0.3 is 20.3 Å². The Labute approximate surface area is 157 Å². The van der Waals surface area contributed by atoms with Gasteiger partial charge in [-0.25, -0.2) is 14.5 Å². The lowest BCUT2D eigenvalue weighted by Crippen LogP contribution is -2.57. The van der Waals surface area contributed by atoms with Crippen LogP contribution >= 0.6 is 0 Å². The van der Waals surface area contributed by atoms with Crippen molar-refractivity contribution in [1.29, 1.82) is 0 Å². The molecule has 1 unspecified atom stereocenters. The Morgan fingerprint density at radius 2 is 1.96 bits per heavy atom. The molecular formula is C20H22N2O5. The summed E-state index contributed by atoms with van der Waals surface area (Å²) in [5.41, 5.74) is -1.15. The number of nitrogens with one attached hydrogen (secondary N) is 1. The van der Waals surface area contributed by atoms with E-state index in [0.29, 0.717) is 22.5 Å². The smallest absolute Gasteiger partial charge is 0.417 e. The highest BCUT2D eigenvalue weighted by atomic mass is 16.6. The maximum absolute atomic E-state index is 12.9. The number of hydrogen-bond donors (Lipinski definition) is 3. The standard InChI is InChI=1S/C20H22N2O5/c1-19(2,3)27-18(25)22-16-13(12-20(22,26)17(23)24)8-7-9-14(16)15-10-5-4-6-11-21-15/h4-11,21,26H,12H2,1-3H3,(H,23,24). The van der Waals surface area contributed by atoms with Gasteiger partial charge in [0.1, 0.15) is 5.60 Å². The third-order valence-electron chi connectivity index (χ3n) is 4.18. The van der Waals surface area contributed by atoms with E-state index in [1.165, 1.54) is 0 Å². The Morgan fingerprint density at radius 3 is 2.63 bits per heavy atom. The van der Waals surface area contributed by atoms with Crippen molar-refractivity contribution in [3.8, 4) is 0 Å². The van der Waals surface area contributed by atoms with Crippen LogP contribution in [0.15, 0.2) is 48.7 Å². The molecule has 0 fully saturated rings. The maximum Gasteiger partial charge on any atom is 0.417 e. The molecule has 142 valence electrons. The van der Waals surface area contributed by atoms with Crippen molar-refractivity contribution >= 4 is 23.4 Å². The first-order valence-corrected chi connectivity index (χ1v) is 8.55. The molecule has 3 rings (SSSR count). The molecule has 0 aromatic heterocycles. The molecule has 2 aliphatic heterocycles. The largest absolute Gasteiger partial charge is 0.478 e. The maximum atomic E-state index is 12.9. The average Bonchev–Trinajstić information content (AvgIpc) is 2.71. The van der Waals surface area contributed by atoms with Crippen LogP contribution in [0.3, 0.4) is 0 Å². The number of rotatable bonds is 2. The number of allylic oxidation sites excluding steroid dienone is 4. The second kappa shape index (κ2) is 6.59. The Hall–Kier alpha value is -3.06. The van der Waals surface area contributed by atoms with Gasteiger partial charge in [0.25, 0.3) is 5.72 Å². The molecule has 7 nitrogen and oxygen atoms in total. The Balaban J connectivity index is 2.16. The molecular weight excluding hydrogens is 348 g/mol. The summed E-state index contributed by atoms with van der Waals surface area (Å²) in [4.78, 5) is 25.6. The summed E-state index contributed by atoms with van der Waals surface area (Å²) >= 11 is 0. The van der Waals surface area contributed by atoms with Gasteiger partial charge in [-0.1, -0.05) is 30.4 Å². The molecule has 3 N–H and O–H groups in total. The Morgan fingerprint density at radius 1 is 1.22 bits per heavy atom. The fourth-order valence-electron chi connectivity index (χ4n) is 3.09. The van der Waals surface area contributed by atoms with Crippen LogP contribution < -0.4 is 10.2 Å². The first kappa shape index (κ1) is 18.7. The zero-order valence-electron chi connectivity index (χ0n) is 15.4. The summed E-state index contributed by atoms with van der Waals surface area (Å²) in [5, 5.41) is 23.6. The van der Waals surface area contributed by atoms with Gasteiger partial charge in [0, 0.05) is 23.9 Å². The van der Waals surface area contributed by atoms with Gasteiger partial charge in [0.15, 0.2) is 0 Å². The number of fused-ring (bicyclic) bond motifs is 1. The molecule has 1 amide bonds. The first-order chi connectivity index (χ1) is 12.6. The molecule has 0 saturated heterocycles. The van der Waals surface area contributed by atoms with Crippen LogP contribution in [-0.4, -0.2) is 33.6 Å². The molecule has 0 spiro atoms. The molecule has 0 bridgehead atoms. The van der Waals surface area contributed by atoms with Crippen molar-refractivity contribution in [3.05, 3.63) is 59.8 Å². The fraction of sp³-hybridized carbons (Fsp3) is 0.300. The highest BCUT2D eigenvalue weighted by Gasteiger charge is 2.54. The molecule has 1 atom stereocenters. The van der Waals surface area contributed by atoms with Crippen LogP contribution in [0.25, 0.3) is 5.70 Å². The highest BCUT2D eigenvalue weighted by Crippen LogP contribution is 2.43. The van der Waals surface area contributed by atoms with Crippen LogP contribution in [0.1, 0.15) is 31.9 Å². The van der Waals surface area contributed by atoms with Gasteiger partial charge in [-0.3, -0.25) is 0 Å². The third-order valence-corrected chi connectivity index (χ3v) is 4.18. The molecule has 2 heterocycles. The summed E-state index contributed by atoms with van der Waals surface area (Å²) < 4.78 is 5.39. The molecule has 27 heavy (non-hydrogen) atoms. The number of para-hydroxylation sites is 1. The molecule has 0 aliphatic carbocycles. The van der Waals surface area contributed by atoms with E-state index in [1.807, 2.05) is 18.2 Å². The minimum absolute atomic E-state index is 0.232. The molecule has 1 aromatic rings. The van der Waals surface area contributed by atoms with Crippen LogP contribution in [0.2, 0.25) is 0 Å². The summed E-state index contributed by atoms with van der Waals surface area (Å²) in [7, 11) is 0. The number of aliphatic carboxylic acids is 1. The van der Waals surface area contributed by atoms with E-state index in [-0.39, 0.29) is 6.42 Å². The summed E-state index contributed by atoms with van der Waals surface area (Å²) in [6.07, 6.45) is 7.85. The number of carboxylic acids is 1. The van der Waals surface area contributed by atoms with Gasteiger partial charge in [0.05, 0.1) is 5.69 Å². The minimum Gasteiger partial charge on any atom is -0.478 e. The number of carbonyl (C=O) groups excluding carboxylic acids is 1. The Bertz CT molecular complexity index is 879. The van der Waals surface area contributed by atoms with Gasteiger partial charge in [-0.15, -0.1) is 0 Å². The van der Waals surface area contributed by atoms with Crippen molar-refractivity contribution in [2.45, 2.75) is 38.5 Å². The minimum atomic E-state index is -2.42. The zero-order chi connectivity index (χ0) is 19.8. The molecule has 0 radical (unpaired) electrons. The van der Waals surface area contributed by atoms with Crippen molar-refractivity contribution < 1.29 is 24.5 Å². The van der Waals surface area contributed by atoms with Gasteiger partial charge in [0.2, 0.25) is 0 Å². The number of carbonyl (C=O) groups is 2. The van der Waals surface area contributed by atoms with E-state index in [4.69, 9.17) is 4.74 Å². The summed E-state index contributed by atoms with van der Waals surface area (Å²) in [6.45, 7) is 5.04. The number of anilines is 1. The van der Waals surface area contributed by atoms with Crippen molar-refractivity contribution in [2.75, 3.05) is 4.90 Å². The second-order valence-corrected chi connectivity index (χ2v) is 7.40. The lowest BCUT2D eigenvalue weighted by Gasteiger charge is -2.33. The first-order valence-electron chi connectivity index (χ1n) is 8.55. The summed E-state index contributed by atoms with van der Waals surface area (Å²) in [6, 6.07) is 5.21. The van der Waals surface area contributed by atoms with Crippen LogP contribution in [-0.2, 0) is 16.0 Å². The van der Waals surface area contributed by atoms with E-state index >= 15 is 0 Å². The topological polar surface area (TPSA) is 99.1 Å². The number of carboxylic acid groups (broad SMARTS) is 1. The van der Waals surface area contributed by atoms with E-state index in [2.05, 4.69) is 5.32 Å². The molecule has 0 saturated carbocycles. The van der Waals surface area contributed by atoms with Crippen LogP contribution in [0, 0.1) is 0 Å². The number of aliphatic hydroxyl groups is 1. The predicted octanol–water partition coefficient (Wildman–Crippen LogP) is 2.77. The quantitative estimate of drug-likeness (QED) is 0.740. The number of nitrogens with zero attached hydrogens (tertiary/aromatic N) is 1. The zero-order valence-corrected chi connectivity index (χ0v) is 15.4. The van der Waals surface area contributed by atoms with E-state index in [1.54, 1.807) is 51.2 Å². The van der Waals surface area contributed by atoms with Crippen molar-refractivity contribution in [1.82, 2.24) is 5.32 Å². The number of hydrogen-bond acceptors (Lipinski definition) is 5. The number of benzene rings is 1. The van der Waals surface area contributed by atoms with E-state index < -0.39 is 23.4 Å². The van der Waals surface area contributed by atoms with Crippen LogP contribution in [0.4, 0.5) is 10.5 Å². The van der Waals surface area contributed by atoms with Gasteiger partial charge in [-0.05, 0) is 38.5 Å². The lowest BCUT2D eigenvalue weighted by atomic mass is 10.0. The Kier molecular flexibility index (Phi) is 4.57. The fourth-order valence-corrected chi connectivity index (χ4v) is 3.09. The average molecular weight is 370 g/mol. The van der Waals surface area contributed by atoms with Gasteiger partial charge in [-0.2, -0.15) is 0 Å². The number of ether oxygens (including phenoxy) is 1. The third kappa shape index (κ3) is 3.46. The van der Waals surface area contributed by atoms with Crippen LogP contribution in [0.5, 0.6) is 0 Å². The lowest BCUT2D eigenvalue weighted by molar-refractivity contribution is -0.157. The normalized spacial score (nSPS) is 21.2. The molecule has 1 aromatic carbocycles. The monoisotopic (exact) mass is 370 g/mol. The van der Waals surface area contributed by atoms with E-state index in [9.17, 15) is 19.8 Å². The molecule has 7 heteroatoms.